The van der Waals surface area contributed by atoms with Crippen molar-refractivity contribution in [1.82, 2.24) is 5.32 Å². The standard InChI is InChI=1S/C15H19F3N2O3/c1-9(19-13(21)23-14(2,3)4)10-5-7-11(8-6-10)12(20-22)15(16,17)18/h5-9,22H,1-4H3,(H,19,21)/b20-12-. The van der Waals surface area contributed by atoms with Gasteiger partial charge in [-0.3, -0.25) is 0 Å². The molecule has 0 heterocycles. The van der Waals surface area contributed by atoms with Crippen molar-refractivity contribution in [1.29, 1.82) is 0 Å². The first-order chi connectivity index (χ1) is 10.4. The summed E-state index contributed by atoms with van der Waals surface area (Å²) in [4.78, 5) is 11.7. The lowest BCUT2D eigenvalue weighted by Gasteiger charge is -2.22. The van der Waals surface area contributed by atoms with Crippen LogP contribution >= 0.6 is 0 Å². The van der Waals surface area contributed by atoms with Crippen LogP contribution in [0.25, 0.3) is 0 Å². The lowest BCUT2D eigenvalue weighted by Crippen LogP contribution is -2.34. The molecule has 0 aliphatic heterocycles. The van der Waals surface area contributed by atoms with E-state index in [-0.39, 0.29) is 5.56 Å². The van der Waals surface area contributed by atoms with Crippen LogP contribution in [-0.4, -0.2) is 28.8 Å². The van der Waals surface area contributed by atoms with E-state index < -0.39 is 29.6 Å². The normalized spacial score (nSPS) is 14.3. The highest BCUT2D eigenvalue weighted by atomic mass is 19.4. The molecule has 0 bridgehead atoms. The van der Waals surface area contributed by atoms with Gasteiger partial charge < -0.3 is 15.3 Å². The highest BCUT2D eigenvalue weighted by molar-refractivity contribution is 6.04. The molecule has 1 unspecified atom stereocenters. The van der Waals surface area contributed by atoms with Gasteiger partial charge in [-0.15, -0.1) is 0 Å². The average Bonchev–Trinajstić information content (AvgIpc) is 2.36. The second kappa shape index (κ2) is 6.89. The minimum Gasteiger partial charge on any atom is -0.444 e. The van der Waals surface area contributed by atoms with Gasteiger partial charge in [-0.05, 0) is 33.3 Å². The Morgan fingerprint density at radius 2 is 1.74 bits per heavy atom. The van der Waals surface area contributed by atoms with Crippen LogP contribution < -0.4 is 5.32 Å². The third-order valence-electron chi connectivity index (χ3n) is 2.79. The molecule has 0 aliphatic rings. The number of carbonyl (C=O) groups excluding carboxylic acids is 1. The van der Waals surface area contributed by atoms with Crippen LogP contribution in [-0.2, 0) is 4.74 Å². The number of alkyl halides is 3. The van der Waals surface area contributed by atoms with E-state index in [2.05, 4.69) is 10.5 Å². The zero-order valence-corrected chi connectivity index (χ0v) is 13.2. The van der Waals surface area contributed by atoms with E-state index in [9.17, 15) is 18.0 Å². The molecule has 0 fully saturated rings. The van der Waals surface area contributed by atoms with Crippen molar-refractivity contribution in [3.8, 4) is 0 Å². The molecule has 0 radical (unpaired) electrons. The van der Waals surface area contributed by atoms with Gasteiger partial charge in [0, 0.05) is 5.56 Å². The van der Waals surface area contributed by atoms with E-state index in [1.165, 1.54) is 24.3 Å². The van der Waals surface area contributed by atoms with Crippen LogP contribution in [0.15, 0.2) is 29.4 Å². The molecule has 8 heteroatoms. The number of hydrogen-bond acceptors (Lipinski definition) is 4. The van der Waals surface area contributed by atoms with Gasteiger partial charge in [-0.2, -0.15) is 13.2 Å². The SMILES string of the molecule is CC(NC(=O)OC(C)(C)C)c1ccc(/C(=N/O)C(F)(F)F)cc1. The Bertz CT molecular complexity index is 575. The number of oxime groups is 1. The Balaban J connectivity index is 2.82. The summed E-state index contributed by atoms with van der Waals surface area (Å²) in [5.41, 5.74) is -1.71. The number of alkyl carbamates (subject to hydrolysis) is 1. The summed E-state index contributed by atoms with van der Waals surface area (Å²) in [6.45, 7) is 6.83. The Labute approximate surface area is 132 Å². The highest BCUT2D eigenvalue weighted by Gasteiger charge is 2.37. The van der Waals surface area contributed by atoms with Gasteiger partial charge in [0.15, 0.2) is 5.71 Å². The van der Waals surface area contributed by atoms with Crippen LogP contribution in [0.3, 0.4) is 0 Å². The molecule has 0 aliphatic carbocycles. The lowest BCUT2D eigenvalue weighted by atomic mass is 10.0. The maximum atomic E-state index is 12.6. The Morgan fingerprint density at radius 1 is 1.22 bits per heavy atom. The molecule has 2 N–H and O–H groups in total. The van der Waals surface area contributed by atoms with Crippen LogP contribution in [0.1, 0.15) is 44.9 Å². The van der Waals surface area contributed by atoms with E-state index in [1.54, 1.807) is 27.7 Å². The highest BCUT2D eigenvalue weighted by Crippen LogP contribution is 2.23. The summed E-state index contributed by atoms with van der Waals surface area (Å²) < 4.78 is 43.0. The summed E-state index contributed by atoms with van der Waals surface area (Å²) in [6, 6.07) is 4.71. The minimum atomic E-state index is -4.75. The fourth-order valence-corrected chi connectivity index (χ4v) is 1.78. The molecule has 1 aromatic carbocycles. The zero-order valence-electron chi connectivity index (χ0n) is 13.2. The molecular weight excluding hydrogens is 313 g/mol. The largest absolute Gasteiger partial charge is 0.444 e. The van der Waals surface area contributed by atoms with Gasteiger partial charge in [0.1, 0.15) is 5.60 Å². The van der Waals surface area contributed by atoms with Crippen molar-refractivity contribution in [3.63, 3.8) is 0 Å². The molecule has 23 heavy (non-hydrogen) atoms. The van der Waals surface area contributed by atoms with Crippen molar-refractivity contribution in [2.45, 2.75) is 45.5 Å². The molecule has 0 saturated carbocycles. The number of amides is 1. The van der Waals surface area contributed by atoms with Crippen LogP contribution in [0, 0.1) is 0 Å². The van der Waals surface area contributed by atoms with Crippen molar-refractivity contribution < 1.29 is 27.9 Å². The molecule has 5 nitrogen and oxygen atoms in total. The van der Waals surface area contributed by atoms with Crippen molar-refractivity contribution in [3.05, 3.63) is 35.4 Å². The van der Waals surface area contributed by atoms with E-state index in [0.717, 1.165) is 0 Å². The third-order valence-corrected chi connectivity index (χ3v) is 2.79. The van der Waals surface area contributed by atoms with Gasteiger partial charge in [0.2, 0.25) is 0 Å². The van der Waals surface area contributed by atoms with Crippen molar-refractivity contribution in [2.75, 3.05) is 0 Å². The summed E-state index contributed by atoms with van der Waals surface area (Å²) in [6.07, 6.45) is -5.38. The summed E-state index contributed by atoms with van der Waals surface area (Å²) in [5.74, 6) is 0. The first-order valence-corrected chi connectivity index (χ1v) is 6.83. The summed E-state index contributed by atoms with van der Waals surface area (Å²) in [5, 5.41) is 13.4. The smallest absolute Gasteiger partial charge is 0.437 e. The topological polar surface area (TPSA) is 70.9 Å². The maximum Gasteiger partial charge on any atom is 0.437 e. The molecule has 1 aromatic rings. The molecule has 0 spiro atoms. The predicted molar refractivity (Wildman–Crippen MR) is 78.6 cm³/mol. The van der Waals surface area contributed by atoms with Gasteiger partial charge >= 0.3 is 12.3 Å². The van der Waals surface area contributed by atoms with E-state index >= 15 is 0 Å². The number of hydrogen-bond donors (Lipinski definition) is 2. The number of nitrogens with zero attached hydrogens (tertiary/aromatic N) is 1. The van der Waals surface area contributed by atoms with Gasteiger partial charge in [0.25, 0.3) is 0 Å². The second-order valence-electron chi connectivity index (χ2n) is 5.94. The molecule has 0 saturated heterocycles. The third kappa shape index (κ3) is 5.80. The number of halogens is 3. The first-order valence-electron chi connectivity index (χ1n) is 6.83. The van der Waals surface area contributed by atoms with Gasteiger partial charge in [-0.25, -0.2) is 4.79 Å². The average molecular weight is 332 g/mol. The summed E-state index contributed by atoms with van der Waals surface area (Å²) in [7, 11) is 0. The molecule has 0 aromatic heterocycles. The number of benzene rings is 1. The quantitative estimate of drug-likeness (QED) is 0.499. The zero-order chi connectivity index (χ0) is 17.8. The fraction of sp³-hybridized carbons (Fsp3) is 0.467. The number of ether oxygens (including phenoxy) is 1. The maximum absolute atomic E-state index is 12.6. The minimum absolute atomic E-state index is 0.270. The van der Waals surface area contributed by atoms with E-state index in [1.807, 2.05) is 0 Å². The van der Waals surface area contributed by atoms with Crippen molar-refractivity contribution in [2.24, 2.45) is 5.16 Å². The molecular formula is C15H19F3N2O3. The molecule has 1 rings (SSSR count). The van der Waals surface area contributed by atoms with Crippen molar-refractivity contribution >= 4 is 11.8 Å². The van der Waals surface area contributed by atoms with Gasteiger partial charge in [-0.1, -0.05) is 29.4 Å². The second-order valence-corrected chi connectivity index (χ2v) is 5.94. The summed E-state index contributed by atoms with van der Waals surface area (Å²) >= 11 is 0. The predicted octanol–water partition coefficient (Wildman–Crippen LogP) is 4.01. The number of rotatable bonds is 3. The fourth-order valence-electron chi connectivity index (χ4n) is 1.78. The van der Waals surface area contributed by atoms with E-state index in [0.29, 0.717) is 5.56 Å². The Morgan fingerprint density at radius 3 is 2.13 bits per heavy atom. The lowest BCUT2D eigenvalue weighted by molar-refractivity contribution is -0.0601. The molecule has 1 amide bonds. The number of nitrogens with one attached hydrogen (secondary N) is 1. The van der Waals surface area contributed by atoms with Gasteiger partial charge in [0.05, 0.1) is 6.04 Å². The number of carbonyl (C=O) groups is 1. The Hall–Kier alpha value is -2.25. The van der Waals surface area contributed by atoms with E-state index in [4.69, 9.17) is 9.94 Å². The van der Waals surface area contributed by atoms with Crippen LogP contribution in [0.5, 0.6) is 0 Å². The van der Waals surface area contributed by atoms with Crippen LogP contribution in [0.4, 0.5) is 18.0 Å². The molecule has 1 atom stereocenters. The molecule has 128 valence electrons. The monoisotopic (exact) mass is 332 g/mol. The Kier molecular flexibility index (Phi) is 5.63. The van der Waals surface area contributed by atoms with Crippen LogP contribution in [0.2, 0.25) is 0 Å². The first kappa shape index (κ1) is 18.8.